The van der Waals surface area contributed by atoms with Crippen LogP contribution in [0.2, 0.25) is 0 Å². The summed E-state index contributed by atoms with van der Waals surface area (Å²) in [6.45, 7) is 5.58. The number of hydrogen-bond acceptors (Lipinski definition) is 4. The molecule has 0 aromatic carbocycles. The molecule has 0 aromatic heterocycles. The molecule has 0 N–H and O–H groups in total. The Kier molecular flexibility index (Phi) is 6.00. The van der Waals surface area contributed by atoms with Crippen molar-refractivity contribution in [2.75, 3.05) is 7.11 Å². The third-order valence-corrected chi connectivity index (χ3v) is 3.11. The van der Waals surface area contributed by atoms with Crippen LogP contribution >= 0.6 is 0 Å². The minimum atomic E-state index is -0.725. The number of terminal acetylenes is 1. The largest absolute Gasteiger partial charge is 0.469 e. The zero-order chi connectivity index (χ0) is 15.2. The van der Waals surface area contributed by atoms with Crippen LogP contribution in [0.15, 0.2) is 24.3 Å². The number of rotatable bonds is 5. The molecular formula is C16H22O4. The summed E-state index contributed by atoms with van der Waals surface area (Å²) in [5.74, 6) is 1.04. The van der Waals surface area contributed by atoms with Gasteiger partial charge in [0, 0.05) is 0 Å². The van der Waals surface area contributed by atoms with Gasteiger partial charge in [0.15, 0.2) is 5.79 Å². The smallest absolute Gasteiger partial charge is 0.311 e. The van der Waals surface area contributed by atoms with E-state index in [2.05, 4.69) is 5.92 Å². The highest BCUT2D eigenvalue weighted by atomic mass is 16.8. The average Bonchev–Trinajstić information content (AvgIpc) is 2.70. The highest BCUT2D eigenvalue weighted by Crippen LogP contribution is 2.34. The molecule has 0 bridgehead atoms. The number of carbonyl (C=O) groups excluding carboxylic acids is 1. The van der Waals surface area contributed by atoms with Crippen LogP contribution in [0.3, 0.4) is 0 Å². The van der Waals surface area contributed by atoms with Crippen molar-refractivity contribution in [1.82, 2.24) is 0 Å². The third kappa shape index (κ3) is 4.22. The van der Waals surface area contributed by atoms with Gasteiger partial charge in [-0.15, -0.1) is 6.42 Å². The first-order valence-electron chi connectivity index (χ1n) is 6.68. The normalized spacial score (nSPS) is 26.8. The second-order valence-corrected chi connectivity index (χ2v) is 5.01. The molecule has 1 aliphatic rings. The number of carbonyl (C=O) groups is 1. The molecule has 1 fully saturated rings. The van der Waals surface area contributed by atoms with E-state index in [0.717, 1.165) is 0 Å². The maximum absolute atomic E-state index is 11.8. The van der Waals surface area contributed by atoms with E-state index in [0.29, 0.717) is 6.42 Å². The highest BCUT2D eigenvalue weighted by molar-refractivity contribution is 5.73. The van der Waals surface area contributed by atoms with Crippen LogP contribution < -0.4 is 0 Å². The Morgan fingerprint density at radius 3 is 2.70 bits per heavy atom. The van der Waals surface area contributed by atoms with E-state index in [4.69, 9.17) is 20.6 Å². The first kappa shape index (κ1) is 16.5. The molecule has 1 aliphatic heterocycles. The molecule has 0 amide bonds. The van der Waals surface area contributed by atoms with Crippen LogP contribution in [-0.4, -0.2) is 31.1 Å². The lowest BCUT2D eigenvalue weighted by atomic mass is 9.95. The van der Waals surface area contributed by atoms with Gasteiger partial charge in [0.2, 0.25) is 0 Å². The van der Waals surface area contributed by atoms with Crippen LogP contribution in [0.5, 0.6) is 0 Å². The molecule has 0 spiro atoms. The predicted molar refractivity (Wildman–Crippen MR) is 76.7 cm³/mol. The lowest BCUT2D eigenvalue weighted by Crippen LogP contribution is -2.35. The van der Waals surface area contributed by atoms with Crippen molar-refractivity contribution >= 4 is 5.97 Å². The summed E-state index contributed by atoms with van der Waals surface area (Å²) < 4.78 is 16.5. The SMILES string of the molecule is C#C/C=C/C=C/[C@H]1OC(C)(C)O[C@H]1C(CC)C(=O)OC. The van der Waals surface area contributed by atoms with Crippen molar-refractivity contribution in [1.29, 1.82) is 0 Å². The molecular weight excluding hydrogens is 256 g/mol. The summed E-state index contributed by atoms with van der Waals surface area (Å²) in [6, 6.07) is 0. The molecule has 0 saturated carbocycles. The van der Waals surface area contributed by atoms with Crippen molar-refractivity contribution in [2.45, 2.75) is 45.2 Å². The Balaban J connectivity index is 2.89. The number of methoxy groups -OCH3 is 1. The zero-order valence-electron chi connectivity index (χ0n) is 12.5. The summed E-state index contributed by atoms with van der Waals surface area (Å²) >= 11 is 0. The van der Waals surface area contributed by atoms with Gasteiger partial charge < -0.3 is 14.2 Å². The van der Waals surface area contributed by atoms with Crippen molar-refractivity contribution in [3.63, 3.8) is 0 Å². The number of esters is 1. The molecule has 1 rings (SSSR count). The van der Waals surface area contributed by atoms with E-state index in [9.17, 15) is 4.79 Å². The summed E-state index contributed by atoms with van der Waals surface area (Å²) in [7, 11) is 1.38. The zero-order valence-corrected chi connectivity index (χ0v) is 12.5. The van der Waals surface area contributed by atoms with Gasteiger partial charge in [-0.05, 0) is 26.3 Å². The van der Waals surface area contributed by atoms with Crippen molar-refractivity contribution < 1.29 is 19.0 Å². The second-order valence-electron chi connectivity index (χ2n) is 5.01. The minimum Gasteiger partial charge on any atom is -0.469 e. The van der Waals surface area contributed by atoms with Crippen molar-refractivity contribution in [3.8, 4) is 12.3 Å². The number of allylic oxidation sites excluding steroid dienone is 3. The maximum Gasteiger partial charge on any atom is 0.311 e. The molecule has 1 unspecified atom stereocenters. The number of ether oxygens (including phenoxy) is 3. The van der Waals surface area contributed by atoms with Gasteiger partial charge in [0.1, 0.15) is 12.2 Å². The fourth-order valence-corrected chi connectivity index (χ4v) is 2.25. The first-order chi connectivity index (χ1) is 9.45. The summed E-state index contributed by atoms with van der Waals surface area (Å²) in [4.78, 5) is 11.8. The summed E-state index contributed by atoms with van der Waals surface area (Å²) in [5.41, 5.74) is 0. The van der Waals surface area contributed by atoms with Crippen LogP contribution in [0.25, 0.3) is 0 Å². The fourth-order valence-electron chi connectivity index (χ4n) is 2.25. The Hall–Kier alpha value is -1.57. The Bertz CT molecular complexity index is 428. The summed E-state index contributed by atoms with van der Waals surface area (Å²) in [5, 5.41) is 0. The standard InChI is InChI=1S/C16H22O4/c1-6-8-9-10-11-13-14(20-16(3,4)19-13)12(7-2)15(17)18-5/h1,8-14H,7H2,2-5H3/b9-8+,11-10+/t12?,13-,14+/m1/s1. The van der Waals surface area contributed by atoms with E-state index in [1.165, 1.54) is 7.11 Å². The molecule has 1 heterocycles. The second kappa shape index (κ2) is 7.28. The van der Waals surface area contributed by atoms with Crippen LogP contribution in [0, 0.1) is 18.3 Å². The molecule has 0 aliphatic carbocycles. The molecule has 3 atom stereocenters. The van der Waals surface area contributed by atoms with Gasteiger partial charge in [-0.2, -0.15) is 0 Å². The van der Waals surface area contributed by atoms with Gasteiger partial charge in [-0.1, -0.05) is 31.1 Å². The third-order valence-electron chi connectivity index (χ3n) is 3.11. The number of hydrogen-bond donors (Lipinski definition) is 0. The highest BCUT2D eigenvalue weighted by Gasteiger charge is 2.45. The van der Waals surface area contributed by atoms with Crippen molar-refractivity contribution in [3.05, 3.63) is 24.3 Å². The van der Waals surface area contributed by atoms with Crippen LogP contribution in [-0.2, 0) is 19.0 Å². The van der Waals surface area contributed by atoms with Gasteiger partial charge >= 0.3 is 5.97 Å². The fraction of sp³-hybridized carbons (Fsp3) is 0.562. The lowest BCUT2D eigenvalue weighted by molar-refractivity contribution is -0.162. The van der Waals surface area contributed by atoms with Gasteiger partial charge in [0.25, 0.3) is 0 Å². The Labute approximate surface area is 120 Å². The van der Waals surface area contributed by atoms with E-state index in [-0.39, 0.29) is 24.1 Å². The molecule has 0 radical (unpaired) electrons. The van der Waals surface area contributed by atoms with Gasteiger partial charge in [-0.25, -0.2) is 0 Å². The maximum atomic E-state index is 11.8. The van der Waals surface area contributed by atoms with Crippen molar-refractivity contribution in [2.24, 2.45) is 5.92 Å². The Morgan fingerprint density at radius 1 is 1.45 bits per heavy atom. The lowest BCUT2D eigenvalue weighted by Gasteiger charge is -2.22. The quantitative estimate of drug-likeness (QED) is 0.440. The van der Waals surface area contributed by atoms with E-state index in [1.54, 1.807) is 18.2 Å². The van der Waals surface area contributed by atoms with Crippen LogP contribution in [0.1, 0.15) is 27.2 Å². The Morgan fingerprint density at radius 2 is 2.15 bits per heavy atom. The molecule has 0 aromatic rings. The monoisotopic (exact) mass is 278 g/mol. The predicted octanol–water partition coefficient (Wildman–Crippen LogP) is 2.45. The molecule has 1 saturated heterocycles. The van der Waals surface area contributed by atoms with Gasteiger partial charge in [-0.3, -0.25) is 4.79 Å². The van der Waals surface area contributed by atoms with E-state index < -0.39 is 5.79 Å². The first-order valence-corrected chi connectivity index (χ1v) is 6.68. The van der Waals surface area contributed by atoms with Gasteiger partial charge in [0.05, 0.1) is 13.0 Å². The molecule has 4 heteroatoms. The molecule has 110 valence electrons. The van der Waals surface area contributed by atoms with E-state index >= 15 is 0 Å². The molecule has 20 heavy (non-hydrogen) atoms. The topological polar surface area (TPSA) is 44.8 Å². The minimum absolute atomic E-state index is 0.281. The summed E-state index contributed by atoms with van der Waals surface area (Å²) in [6.07, 6.45) is 12.1. The van der Waals surface area contributed by atoms with E-state index in [1.807, 2.05) is 26.8 Å². The van der Waals surface area contributed by atoms with Crippen LogP contribution in [0.4, 0.5) is 0 Å². The average molecular weight is 278 g/mol. The molecule has 4 nitrogen and oxygen atoms in total.